The molecule has 3 atom stereocenters. The molecule has 1 saturated heterocycles. The van der Waals surface area contributed by atoms with Gasteiger partial charge < -0.3 is 4.74 Å². The summed E-state index contributed by atoms with van der Waals surface area (Å²) in [6, 6.07) is 20.8. The topological polar surface area (TPSA) is 82.3 Å². The second-order valence-electron chi connectivity index (χ2n) is 11.9. The van der Waals surface area contributed by atoms with E-state index in [0.717, 1.165) is 33.3 Å². The van der Waals surface area contributed by atoms with Crippen molar-refractivity contribution < 1.29 is 17.5 Å². The standard InChI is InChI=1S/C33H34FN5O3S/c1-4-37-20-29(18-35-37)43(40,41)38-19-26-16-33(42-3,25-8-6-5-7-9-25)21-32(26,22-38)30-15-24-17-36-39(31(24)14-23(30)2)28-12-10-27(34)11-13-28/h5-15,17-18,20,26H,4,16,19,21-22H2,1-3H3/t26-,32-,33-/m1/s1. The van der Waals surface area contributed by atoms with Gasteiger partial charge in [0.1, 0.15) is 10.7 Å². The summed E-state index contributed by atoms with van der Waals surface area (Å²) in [5.41, 5.74) is 3.92. The van der Waals surface area contributed by atoms with Crippen LogP contribution in [-0.4, -0.2) is 52.5 Å². The van der Waals surface area contributed by atoms with Gasteiger partial charge in [0.15, 0.2) is 0 Å². The van der Waals surface area contributed by atoms with Gasteiger partial charge in [-0.2, -0.15) is 14.5 Å². The minimum Gasteiger partial charge on any atom is -0.373 e. The Morgan fingerprint density at radius 1 is 1.05 bits per heavy atom. The average Bonchev–Trinajstić information content (AvgIpc) is 3.79. The van der Waals surface area contributed by atoms with Crippen molar-refractivity contribution in [3.05, 3.63) is 108 Å². The molecule has 1 aliphatic carbocycles. The molecule has 1 aliphatic heterocycles. The van der Waals surface area contributed by atoms with Crippen LogP contribution in [0.4, 0.5) is 4.39 Å². The van der Waals surface area contributed by atoms with Crippen molar-refractivity contribution in [2.75, 3.05) is 20.2 Å². The third kappa shape index (κ3) is 4.34. The zero-order chi connectivity index (χ0) is 30.0. The van der Waals surface area contributed by atoms with E-state index in [9.17, 15) is 12.8 Å². The Morgan fingerprint density at radius 3 is 2.51 bits per heavy atom. The Bertz CT molecular complexity index is 1920. The van der Waals surface area contributed by atoms with E-state index in [1.165, 1.54) is 18.3 Å². The summed E-state index contributed by atoms with van der Waals surface area (Å²) in [6.45, 7) is 5.35. The molecule has 222 valence electrons. The van der Waals surface area contributed by atoms with Gasteiger partial charge in [0.2, 0.25) is 10.0 Å². The van der Waals surface area contributed by atoms with E-state index in [-0.39, 0.29) is 16.6 Å². The lowest BCUT2D eigenvalue weighted by atomic mass is 9.72. The second-order valence-corrected chi connectivity index (χ2v) is 13.8. The van der Waals surface area contributed by atoms with Crippen LogP contribution in [0, 0.1) is 18.7 Å². The van der Waals surface area contributed by atoms with E-state index in [2.05, 4.69) is 41.4 Å². The monoisotopic (exact) mass is 599 g/mol. The Hall–Kier alpha value is -3.86. The van der Waals surface area contributed by atoms with Gasteiger partial charge in [-0.25, -0.2) is 17.5 Å². The minimum atomic E-state index is -3.75. The number of benzene rings is 3. The van der Waals surface area contributed by atoms with Crippen LogP contribution in [0.5, 0.6) is 0 Å². The number of hydrogen-bond acceptors (Lipinski definition) is 5. The van der Waals surface area contributed by atoms with Gasteiger partial charge in [-0.3, -0.25) is 4.68 Å². The van der Waals surface area contributed by atoms with Gasteiger partial charge in [-0.1, -0.05) is 30.3 Å². The number of nitrogens with zero attached hydrogens (tertiary/aromatic N) is 5. The van der Waals surface area contributed by atoms with Gasteiger partial charge in [-0.15, -0.1) is 0 Å². The first kappa shape index (κ1) is 27.9. The summed E-state index contributed by atoms with van der Waals surface area (Å²) in [5.74, 6) is -0.278. The first-order valence-electron chi connectivity index (χ1n) is 14.6. The van der Waals surface area contributed by atoms with Crippen LogP contribution in [-0.2, 0) is 32.3 Å². The highest BCUT2D eigenvalue weighted by Gasteiger charge is 2.62. The predicted molar refractivity (Wildman–Crippen MR) is 162 cm³/mol. The number of halogens is 1. The van der Waals surface area contributed by atoms with Crippen LogP contribution >= 0.6 is 0 Å². The van der Waals surface area contributed by atoms with Crippen molar-refractivity contribution >= 4 is 20.9 Å². The average molecular weight is 600 g/mol. The molecule has 0 amide bonds. The molecule has 0 bridgehead atoms. The first-order chi connectivity index (χ1) is 20.7. The van der Waals surface area contributed by atoms with Crippen molar-refractivity contribution in [2.45, 2.75) is 49.1 Å². The first-order valence-corrected chi connectivity index (χ1v) is 16.0. The second kappa shape index (κ2) is 10.1. The maximum Gasteiger partial charge on any atom is 0.246 e. The van der Waals surface area contributed by atoms with Gasteiger partial charge in [0.05, 0.1) is 29.2 Å². The number of rotatable bonds is 7. The summed E-state index contributed by atoms with van der Waals surface area (Å²) in [6.07, 6.45) is 6.22. The molecule has 2 aromatic heterocycles. The van der Waals surface area contributed by atoms with Crippen LogP contribution in [0.2, 0.25) is 0 Å². The normalized spacial score (nSPS) is 24.1. The molecule has 0 spiro atoms. The third-order valence-corrected chi connectivity index (χ3v) is 11.4. The molecule has 1 saturated carbocycles. The number of aromatic nitrogens is 4. The Balaban J connectivity index is 1.35. The number of hydrogen-bond donors (Lipinski definition) is 0. The predicted octanol–water partition coefficient (Wildman–Crippen LogP) is 5.58. The van der Waals surface area contributed by atoms with Crippen LogP contribution in [0.3, 0.4) is 0 Å². The maximum absolute atomic E-state index is 14.0. The van der Waals surface area contributed by atoms with E-state index in [1.807, 2.05) is 36.0 Å². The highest BCUT2D eigenvalue weighted by atomic mass is 32.2. The smallest absolute Gasteiger partial charge is 0.246 e. The molecular formula is C33H34FN5O3S. The minimum absolute atomic E-state index is 0.0203. The molecule has 8 nitrogen and oxygen atoms in total. The van der Waals surface area contributed by atoms with E-state index < -0.39 is 21.0 Å². The number of aryl methyl sites for hydroxylation is 2. The van der Waals surface area contributed by atoms with Crippen LogP contribution in [0.25, 0.3) is 16.6 Å². The summed E-state index contributed by atoms with van der Waals surface area (Å²) >= 11 is 0. The molecule has 2 fully saturated rings. The lowest BCUT2D eigenvalue weighted by Crippen LogP contribution is -2.38. The van der Waals surface area contributed by atoms with Crippen LogP contribution in [0.1, 0.15) is 36.5 Å². The molecule has 10 heteroatoms. The van der Waals surface area contributed by atoms with Crippen molar-refractivity contribution in [3.8, 4) is 5.69 Å². The molecule has 0 radical (unpaired) electrons. The molecule has 3 aromatic carbocycles. The van der Waals surface area contributed by atoms with E-state index >= 15 is 0 Å². The van der Waals surface area contributed by atoms with Crippen molar-refractivity contribution in [1.82, 2.24) is 23.9 Å². The van der Waals surface area contributed by atoms with Crippen LogP contribution in [0.15, 0.2) is 90.2 Å². The van der Waals surface area contributed by atoms with Gasteiger partial charge >= 0.3 is 0 Å². The van der Waals surface area contributed by atoms with Gasteiger partial charge in [0.25, 0.3) is 0 Å². The Labute approximate surface area is 250 Å². The summed E-state index contributed by atoms with van der Waals surface area (Å²) in [5, 5.41) is 9.82. The number of ether oxygens (including phenoxy) is 1. The largest absolute Gasteiger partial charge is 0.373 e. The molecular weight excluding hydrogens is 565 g/mol. The van der Waals surface area contributed by atoms with E-state index in [0.29, 0.717) is 32.5 Å². The zero-order valence-electron chi connectivity index (χ0n) is 24.4. The lowest BCUT2D eigenvalue weighted by molar-refractivity contribution is -0.0183. The maximum atomic E-state index is 14.0. The summed E-state index contributed by atoms with van der Waals surface area (Å²) in [4.78, 5) is 0.221. The SMILES string of the molecule is CCn1cc(S(=O)(=O)N2C[C@H]3C[C@](OC)(c4ccccc4)C[C@@]3(c3cc4cnn(-c5ccc(F)cc5)c4cc3C)C2)cn1. The molecule has 43 heavy (non-hydrogen) atoms. The highest BCUT2D eigenvalue weighted by Crippen LogP contribution is 2.60. The number of methoxy groups -OCH3 is 1. The molecule has 0 N–H and O–H groups in total. The Morgan fingerprint density at radius 2 is 1.81 bits per heavy atom. The molecule has 0 unspecified atom stereocenters. The molecule has 5 aromatic rings. The quantitative estimate of drug-likeness (QED) is 0.244. The van der Waals surface area contributed by atoms with E-state index in [1.54, 1.807) is 34.4 Å². The van der Waals surface area contributed by atoms with Crippen molar-refractivity contribution in [3.63, 3.8) is 0 Å². The van der Waals surface area contributed by atoms with Gasteiger partial charge in [-0.05, 0) is 85.7 Å². The summed E-state index contributed by atoms with van der Waals surface area (Å²) in [7, 11) is -1.99. The number of fused-ring (bicyclic) bond motifs is 2. The number of sulfonamides is 1. The third-order valence-electron chi connectivity index (χ3n) is 9.62. The van der Waals surface area contributed by atoms with E-state index in [4.69, 9.17) is 4.74 Å². The highest BCUT2D eigenvalue weighted by molar-refractivity contribution is 7.89. The van der Waals surface area contributed by atoms with Crippen molar-refractivity contribution in [1.29, 1.82) is 0 Å². The molecule has 7 rings (SSSR count). The molecule has 2 aliphatic rings. The fourth-order valence-corrected chi connectivity index (χ4v) is 9.00. The zero-order valence-corrected chi connectivity index (χ0v) is 25.3. The van der Waals surface area contributed by atoms with Gasteiger partial charge in [0, 0.05) is 43.7 Å². The molecule has 3 heterocycles. The fourth-order valence-electron chi connectivity index (χ4n) is 7.49. The van der Waals surface area contributed by atoms with Crippen molar-refractivity contribution in [2.24, 2.45) is 5.92 Å². The Kier molecular flexibility index (Phi) is 6.57. The lowest BCUT2D eigenvalue weighted by Gasteiger charge is -2.35. The summed E-state index contributed by atoms with van der Waals surface area (Å²) < 4.78 is 53.0. The van der Waals surface area contributed by atoms with Crippen LogP contribution < -0.4 is 0 Å². The fraction of sp³-hybridized carbons (Fsp3) is 0.333.